The van der Waals surface area contributed by atoms with Crippen LogP contribution in [0.25, 0.3) is 0 Å². The highest BCUT2D eigenvalue weighted by Gasteiger charge is 2.06. The van der Waals surface area contributed by atoms with E-state index in [4.69, 9.17) is 16.3 Å². The lowest BCUT2D eigenvalue weighted by Gasteiger charge is -2.05. The Morgan fingerprint density at radius 2 is 2.06 bits per heavy atom. The molecule has 0 spiro atoms. The van der Waals surface area contributed by atoms with Gasteiger partial charge in [-0.25, -0.2) is 4.98 Å². The average molecular weight is 237 g/mol. The Labute approximate surface area is 96.9 Å². The minimum atomic E-state index is -0.403. The smallest absolute Gasteiger partial charge is 0.273 e. The molecule has 82 valence electrons. The van der Waals surface area contributed by atoms with Gasteiger partial charge in [0.15, 0.2) is 5.02 Å². The average Bonchev–Trinajstić information content (AvgIpc) is 2.32. The van der Waals surface area contributed by atoms with Crippen molar-refractivity contribution in [3.05, 3.63) is 57.6 Å². The van der Waals surface area contributed by atoms with Crippen molar-refractivity contribution in [2.24, 2.45) is 0 Å². The number of hydrogen-bond acceptors (Lipinski definition) is 3. The van der Waals surface area contributed by atoms with Crippen molar-refractivity contribution < 1.29 is 4.74 Å². The highest BCUT2D eigenvalue weighted by atomic mass is 35.5. The summed E-state index contributed by atoms with van der Waals surface area (Å²) in [5, 5.41) is -0.0292. The molecule has 0 atom stereocenters. The molecule has 5 heteroatoms. The number of rotatable bonds is 3. The SMILES string of the molecule is O=c1[nH]cnc(OCc2ccccc2)c1Cl. The van der Waals surface area contributed by atoms with Crippen LogP contribution in [-0.4, -0.2) is 9.97 Å². The highest BCUT2D eigenvalue weighted by Crippen LogP contribution is 2.16. The molecule has 0 aliphatic heterocycles. The van der Waals surface area contributed by atoms with Crippen LogP contribution in [0.1, 0.15) is 5.56 Å². The first-order valence-electron chi connectivity index (χ1n) is 4.67. The molecule has 0 bridgehead atoms. The molecule has 0 fully saturated rings. The molecule has 1 aromatic carbocycles. The van der Waals surface area contributed by atoms with Gasteiger partial charge in [-0.15, -0.1) is 0 Å². The summed E-state index contributed by atoms with van der Waals surface area (Å²) in [7, 11) is 0. The maximum absolute atomic E-state index is 11.1. The van der Waals surface area contributed by atoms with Crippen molar-refractivity contribution in [1.29, 1.82) is 0 Å². The number of hydrogen-bond donors (Lipinski definition) is 1. The van der Waals surface area contributed by atoms with Gasteiger partial charge in [0.25, 0.3) is 5.56 Å². The predicted octanol–water partition coefficient (Wildman–Crippen LogP) is 2.00. The predicted molar refractivity (Wildman–Crippen MR) is 60.6 cm³/mol. The van der Waals surface area contributed by atoms with Crippen LogP contribution in [0.4, 0.5) is 0 Å². The lowest BCUT2D eigenvalue weighted by molar-refractivity contribution is 0.293. The first-order valence-corrected chi connectivity index (χ1v) is 5.05. The zero-order valence-electron chi connectivity index (χ0n) is 8.31. The van der Waals surface area contributed by atoms with Crippen molar-refractivity contribution >= 4 is 11.6 Å². The van der Waals surface area contributed by atoms with Gasteiger partial charge in [-0.05, 0) is 5.56 Å². The lowest BCUT2D eigenvalue weighted by atomic mass is 10.2. The highest BCUT2D eigenvalue weighted by molar-refractivity contribution is 6.31. The topological polar surface area (TPSA) is 55.0 Å². The summed E-state index contributed by atoms with van der Waals surface area (Å²) < 4.78 is 5.34. The summed E-state index contributed by atoms with van der Waals surface area (Å²) in [6.07, 6.45) is 1.26. The van der Waals surface area contributed by atoms with E-state index >= 15 is 0 Å². The van der Waals surface area contributed by atoms with Crippen LogP contribution in [0, 0.1) is 0 Å². The van der Waals surface area contributed by atoms with Gasteiger partial charge in [0.1, 0.15) is 6.61 Å². The number of ether oxygens (including phenoxy) is 1. The summed E-state index contributed by atoms with van der Waals surface area (Å²) in [5.41, 5.74) is 0.584. The van der Waals surface area contributed by atoms with E-state index in [1.165, 1.54) is 6.33 Å². The quantitative estimate of drug-likeness (QED) is 0.887. The Morgan fingerprint density at radius 1 is 1.31 bits per heavy atom. The second-order valence-corrected chi connectivity index (χ2v) is 3.50. The van der Waals surface area contributed by atoms with E-state index in [-0.39, 0.29) is 10.9 Å². The molecule has 2 aromatic rings. The van der Waals surface area contributed by atoms with Crippen molar-refractivity contribution in [2.45, 2.75) is 6.61 Å². The third-order valence-electron chi connectivity index (χ3n) is 1.98. The monoisotopic (exact) mass is 236 g/mol. The molecule has 0 amide bonds. The maximum atomic E-state index is 11.1. The van der Waals surface area contributed by atoms with E-state index in [1.807, 2.05) is 30.3 Å². The number of nitrogens with one attached hydrogen (secondary N) is 1. The Hall–Kier alpha value is -1.81. The summed E-state index contributed by atoms with van der Waals surface area (Å²) >= 11 is 5.73. The number of halogens is 1. The Bertz CT molecular complexity index is 525. The van der Waals surface area contributed by atoms with Crippen molar-refractivity contribution in [1.82, 2.24) is 9.97 Å². The molecule has 0 saturated heterocycles. The van der Waals surface area contributed by atoms with Gasteiger partial charge in [-0.2, -0.15) is 0 Å². The number of H-pyrrole nitrogens is 1. The zero-order valence-corrected chi connectivity index (χ0v) is 9.07. The summed E-state index contributed by atoms with van der Waals surface area (Å²) in [5.74, 6) is 0.147. The van der Waals surface area contributed by atoms with Crippen molar-refractivity contribution in [2.75, 3.05) is 0 Å². The van der Waals surface area contributed by atoms with Gasteiger partial charge in [0, 0.05) is 0 Å². The molecule has 16 heavy (non-hydrogen) atoms. The van der Waals surface area contributed by atoms with E-state index in [1.54, 1.807) is 0 Å². The summed E-state index contributed by atoms with van der Waals surface area (Å²) in [6.45, 7) is 0.330. The van der Waals surface area contributed by atoms with Crippen LogP contribution in [0.15, 0.2) is 41.5 Å². The number of aromatic amines is 1. The second-order valence-electron chi connectivity index (χ2n) is 3.13. The molecule has 4 nitrogen and oxygen atoms in total. The first kappa shape index (κ1) is 10.7. The summed E-state index contributed by atoms with van der Waals surface area (Å²) in [6, 6.07) is 9.57. The fraction of sp³-hybridized carbons (Fsp3) is 0.0909. The van der Waals surface area contributed by atoms with Crippen molar-refractivity contribution in [3.63, 3.8) is 0 Å². The van der Waals surface area contributed by atoms with E-state index < -0.39 is 5.56 Å². The molecule has 1 N–H and O–H groups in total. The zero-order chi connectivity index (χ0) is 11.4. The molecule has 0 aliphatic rings. The molecule has 0 saturated carbocycles. The molecule has 0 unspecified atom stereocenters. The maximum Gasteiger partial charge on any atom is 0.273 e. The molecule has 0 radical (unpaired) electrons. The first-order chi connectivity index (χ1) is 7.77. The Kier molecular flexibility index (Phi) is 3.22. The van der Waals surface area contributed by atoms with Crippen LogP contribution >= 0.6 is 11.6 Å². The van der Waals surface area contributed by atoms with Gasteiger partial charge < -0.3 is 9.72 Å². The second kappa shape index (κ2) is 4.81. The number of nitrogens with zero attached hydrogens (tertiary/aromatic N) is 1. The summed E-state index contributed by atoms with van der Waals surface area (Å²) in [4.78, 5) is 17.3. The molecule has 1 aromatic heterocycles. The van der Waals surface area contributed by atoms with Crippen LogP contribution in [0.5, 0.6) is 5.88 Å². The van der Waals surface area contributed by atoms with E-state index in [2.05, 4.69) is 9.97 Å². The van der Waals surface area contributed by atoms with Gasteiger partial charge >= 0.3 is 0 Å². The van der Waals surface area contributed by atoms with E-state index in [9.17, 15) is 4.79 Å². The van der Waals surface area contributed by atoms with Crippen LogP contribution in [0.2, 0.25) is 5.02 Å². The molecule has 0 aliphatic carbocycles. The fourth-order valence-corrected chi connectivity index (χ4v) is 1.35. The normalized spacial score (nSPS) is 10.1. The number of aromatic nitrogens is 2. The third-order valence-corrected chi connectivity index (χ3v) is 2.32. The van der Waals surface area contributed by atoms with Gasteiger partial charge in [-0.1, -0.05) is 41.9 Å². The lowest BCUT2D eigenvalue weighted by Crippen LogP contribution is -2.09. The minimum Gasteiger partial charge on any atom is -0.472 e. The Morgan fingerprint density at radius 3 is 2.81 bits per heavy atom. The fourth-order valence-electron chi connectivity index (χ4n) is 1.19. The van der Waals surface area contributed by atoms with Crippen LogP contribution < -0.4 is 10.3 Å². The standard InChI is InChI=1S/C11H9ClN2O2/c12-9-10(15)13-7-14-11(9)16-6-8-4-2-1-3-5-8/h1-5,7H,6H2,(H,13,14,15). The molecular weight excluding hydrogens is 228 g/mol. The van der Waals surface area contributed by atoms with Crippen molar-refractivity contribution in [3.8, 4) is 5.88 Å². The largest absolute Gasteiger partial charge is 0.472 e. The van der Waals surface area contributed by atoms with Gasteiger partial charge in [0.2, 0.25) is 5.88 Å². The van der Waals surface area contributed by atoms with Gasteiger partial charge in [-0.3, -0.25) is 4.79 Å². The Balaban J connectivity index is 2.11. The van der Waals surface area contributed by atoms with Gasteiger partial charge in [0.05, 0.1) is 6.33 Å². The molecule has 1 heterocycles. The van der Waals surface area contributed by atoms with Crippen LogP contribution in [-0.2, 0) is 6.61 Å². The number of benzene rings is 1. The minimum absolute atomic E-state index is 0.0292. The molecule has 2 rings (SSSR count). The third kappa shape index (κ3) is 2.41. The van der Waals surface area contributed by atoms with E-state index in [0.29, 0.717) is 6.61 Å². The molecular formula is C11H9ClN2O2. The van der Waals surface area contributed by atoms with E-state index in [0.717, 1.165) is 5.56 Å². The van der Waals surface area contributed by atoms with Crippen LogP contribution in [0.3, 0.4) is 0 Å².